The number of amides is 1. The molecule has 0 unspecified atom stereocenters. The molecule has 0 radical (unpaired) electrons. The summed E-state index contributed by atoms with van der Waals surface area (Å²) in [6.07, 6.45) is 1.56. The number of aromatic hydroxyl groups is 1. The van der Waals surface area contributed by atoms with Crippen LogP contribution < -0.4 is 0 Å². The molecule has 2 rings (SSSR count). The van der Waals surface area contributed by atoms with Crippen LogP contribution in [0.1, 0.15) is 35.3 Å². The molecule has 0 spiro atoms. The molecule has 0 saturated heterocycles. The number of phenols is 1. The molecular weight excluding hydrogens is 274 g/mol. The summed E-state index contributed by atoms with van der Waals surface area (Å²) in [5.74, 6) is 0.0133. The molecule has 0 fully saturated rings. The lowest BCUT2D eigenvalue weighted by Crippen LogP contribution is -2.30. The largest absolute Gasteiger partial charge is 0.507 e. The maximum atomic E-state index is 12.4. The molecule has 3 heteroatoms. The Labute approximate surface area is 132 Å². The van der Waals surface area contributed by atoms with E-state index < -0.39 is 0 Å². The standard InChI is InChI=1S/C19H23NO2/c1-3-20(4-2)19(22)17-12-8-11-16(18(17)21)14-13-15-9-6-5-7-10-15/h5-12,21H,3-4,13-14H2,1-2H3. The molecule has 1 N–H and O–H groups in total. The van der Waals surface area contributed by atoms with E-state index in [1.807, 2.05) is 44.2 Å². The Balaban J connectivity index is 2.17. The minimum Gasteiger partial charge on any atom is -0.507 e. The van der Waals surface area contributed by atoms with E-state index in [1.165, 1.54) is 5.56 Å². The van der Waals surface area contributed by atoms with Gasteiger partial charge < -0.3 is 10.0 Å². The van der Waals surface area contributed by atoms with Crippen LogP contribution >= 0.6 is 0 Å². The van der Waals surface area contributed by atoms with E-state index >= 15 is 0 Å². The molecule has 1 amide bonds. The average Bonchev–Trinajstić information content (AvgIpc) is 2.56. The first-order valence-electron chi connectivity index (χ1n) is 7.81. The topological polar surface area (TPSA) is 40.5 Å². The van der Waals surface area contributed by atoms with Gasteiger partial charge in [0, 0.05) is 13.1 Å². The van der Waals surface area contributed by atoms with Crippen LogP contribution in [0.25, 0.3) is 0 Å². The summed E-state index contributed by atoms with van der Waals surface area (Å²) in [5.41, 5.74) is 2.44. The first-order valence-corrected chi connectivity index (χ1v) is 7.81. The number of aryl methyl sites for hydroxylation is 2. The highest BCUT2D eigenvalue weighted by Crippen LogP contribution is 2.25. The van der Waals surface area contributed by atoms with Gasteiger partial charge in [-0.1, -0.05) is 42.5 Å². The van der Waals surface area contributed by atoms with E-state index in [0.29, 0.717) is 18.7 Å². The van der Waals surface area contributed by atoms with Gasteiger partial charge in [0.05, 0.1) is 5.56 Å². The molecule has 2 aromatic rings. The number of hydrogen-bond acceptors (Lipinski definition) is 2. The summed E-state index contributed by atoms with van der Waals surface area (Å²) < 4.78 is 0. The molecule has 0 bridgehead atoms. The first kappa shape index (κ1) is 16.1. The van der Waals surface area contributed by atoms with Crippen molar-refractivity contribution in [2.24, 2.45) is 0 Å². The summed E-state index contributed by atoms with van der Waals surface area (Å²) in [7, 11) is 0. The van der Waals surface area contributed by atoms with E-state index in [-0.39, 0.29) is 11.7 Å². The van der Waals surface area contributed by atoms with E-state index in [2.05, 4.69) is 12.1 Å². The molecule has 22 heavy (non-hydrogen) atoms. The zero-order chi connectivity index (χ0) is 15.9. The van der Waals surface area contributed by atoms with Gasteiger partial charge in [-0.3, -0.25) is 4.79 Å². The van der Waals surface area contributed by atoms with Crippen molar-refractivity contribution in [2.45, 2.75) is 26.7 Å². The summed E-state index contributed by atoms with van der Waals surface area (Å²) >= 11 is 0. The normalized spacial score (nSPS) is 10.5. The average molecular weight is 297 g/mol. The Bertz CT molecular complexity index is 619. The van der Waals surface area contributed by atoms with Gasteiger partial charge in [-0.25, -0.2) is 0 Å². The fourth-order valence-corrected chi connectivity index (χ4v) is 2.57. The minimum absolute atomic E-state index is 0.107. The maximum Gasteiger partial charge on any atom is 0.257 e. The van der Waals surface area contributed by atoms with E-state index in [0.717, 1.165) is 18.4 Å². The second-order valence-electron chi connectivity index (χ2n) is 5.28. The monoisotopic (exact) mass is 297 g/mol. The second kappa shape index (κ2) is 7.64. The molecule has 0 aliphatic heterocycles. The third-order valence-electron chi connectivity index (χ3n) is 3.93. The molecule has 0 aliphatic carbocycles. The van der Waals surface area contributed by atoms with Crippen LogP contribution in [0, 0.1) is 0 Å². The Hall–Kier alpha value is -2.29. The quantitative estimate of drug-likeness (QED) is 0.884. The molecule has 3 nitrogen and oxygen atoms in total. The Morgan fingerprint density at radius 3 is 2.27 bits per heavy atom. The van der Waals surface area contributed by atoms with Gasteiger partial charge in [-0.2, -0.15) is 0 Å². The summed E-state index contributed by atoms with van der Waals surface area (Å²) in [4.78, 5) is 14.1. The zero-order valence-electron chi connectivity index (χ0n) is 13.2. The maximum absolute atomic E-state index is 12.4. The highest BCUT2D eigenvalue weighted by molar-refractivity contribution is 5.97. The molecule has 0 atom stereocenters. The van der Waals surface area contributed by atoms with Crippen molar-refractivity contribution in [3.05, 3.63) is 65.2 Å². The van der Waals surface area contributed by atoms with Gasteiger partial charge in [-0.05, 0) is 43.9 Å². The van der Waals surface area contributed by atoms with E-state index in [1.54, 1.807) is 11.0 Å². The lowest BCUT2D eigenvalue weighted by Gasteiger charge is -2.20. The van der Waals surface area contributed by atoms with Crippen molar-refractivity contribution in [1.29, 1.82) is 0 Å². The molecule has 0 aliphatic rings. The number of phenolic OH excluding ortho intramolecular Hbond substituents is 1. The predicted octanol–water partition coefficient (Wildman–Crippen LogP) is 3.66. The van der Waals surface area contributed by atoms with Crippen LogP contribution in [0.15, 0.2) is 48.5 Å². The smallest absolute Gasteiger partial charge is 0.257 e. The predicted molar refractivity (Wildman–Crippen MR) is 89.2 cm³/mol. The Morgan fingerprint density at radius 1 is 0.955 bits per heavy atom. The van der Waals surface area contributed by atoms with E-state index in [4.69, 9.17) is 0 Å². The number of rotatable bonds is 6. The number of hydrogen-bond donors (Lipinski definition) is 1. The second-order valence-corrected chi connectivity index (χ2v) is 5.28. The van der Waals surface area contributed by atoms with Gasteiger partial charge in [0.2, 0.25) is 0 Å². The number of carbonyl (C=O) groups excluding carboxylic acids is 1. The molecular formula is C19H23NO2. The van der Waals surface area contributed by atoms with Gasteiger partial charge in [-0.15, -0.1) is 0 Å². The van der Waals surface area contributed by atoms with Gasteiger partial charge >= 0.3 is 0 Å². The zero-order valence-corrected chi connectivity index (χ0v) is 13.2. The molecule has 0 saturated carbocycles. The molecule has 2 aromatic carbocycles. The van der Waals surface area contributed by atoms with Crippen molar-refractivity contribution in [3.8, 4) is 5.75 Å². The van der Waals surface area contributed by atoms with Gasteiger partial charge in [0.25, 0.3) is 5.91 Å². The molecule has 0 heterocycles. The SMILES string of the molecule is CCN(CC)C(=O)c1cccc(CCc2ccccc2)c1O. The third-order valence-corrected chi connectivity index (χ3v) is 3.93. The lowest BCUT2D eigenvalue weighted by atomic mass is 10.0. The third kappa shape index (κ3) is 3.67. The van der Waals surface area contributed by atoms with Crippen LogP contribution in [-0.2, 0) is 12.8 Å². The summed E-state index contributed by atoms with van der Waals surface area (Å²) in [6.45, 7) is 5.17. The van der Waals surface area contributed by atoms with Gasteiger partial charge in [0.1, 0.15) is 5.75 Å². The Kier molecular flexibility index (Phi) is 5.59. The summed E-state index contributed by atoms with van der Waals surface area (Å²) in [5, 5.41) is 10.4. The number of benzene rings is 2. The van der Waals surface area contributed by atoms with Crippen molar-refractivity contribution in [1.82, 2.24) is 4.90 Å². The fraction of sp³-hybridized carbons (Fsp3) is 0.316. The van der Waals surface area contributed by atoms with Crippen molar-refractivity contribution >= 4 is 5.91 Å². The Morgan fingerprint density at radius 2 is 1.64 bits per heavy atom. The fourth-order valence-electron chi connectivity index (χ4n) is 2.57. The van der Waals surface area contributed by atoms with Crippen LogP contribution in [0.4, 0.5) is 0 Å². The minimum atomic E-state index is -0.107. The van der Waals surface area contributed by atoms with Crippen molar-refractivity contribution in [3.63, 3.8) is 0 Å². The van der Waals surface area contributed by atoms with Crippen LogP contribution in [0.3, 0.4) is 0 Å². The van der Waals surface area contributed by atoms with Crippen molar-refractivity contribution < 1.29 is 9.90 Å². The number of carbonyl (C=O) groups is 1. The first-order chi connectivity index (χ1) is 10.7. The highest BCUT2D eigenvalue weighted by Gasteiger charge is 2.18. The number of nitrogens with zero attached hydrogens (tertiary/aromatic N) is 1. The molecule has 116 valence electrons. The van der Waals surface area contributed by atoms with Gasteiger partial charge in [0.15, 0.2) is 0 Å². The molecule has 0 aromatic heterocycles. The number of para-hydroxylation sites is 1. The van der Waals surface area contributed by atoms with E-state index in [9.17, 15) is 9.90 Å². The van der Waals surface area contributed by atoms with Crippen LogP contribution in [0.2, 0.25) is 0 Å². The van der Waals surface area contributed by atoms with Crippen LogP contribution in [-0.4, -0.2) is 29.0 Å². The van der Waals surface area contributed by atoms with Crippen LogP contribution in [0.5, 0.6) is 5.75 Å². The highest BCUT2D eigenvalue weighted by atomic mass is 16.3. The van der Waals surface area contributed by atoms with Crippen molar-refractivity contribution in [2.75, 3.05) is 13.1 Å². The summed E-state index contributed by atoms with van der Waals surface area (Å²) in [6, 6.07) is 15.6. The lowest BCUT2D eigenvalue weighted by molar-refractivity contribution is 0.0770.